The van der Waals surface area contributed by atoms with E-state index in [-0.39, 0.29) is 0 Å². The first-order chi connectivity index (χ1) is 7.47. The highest BCUT2D eigenvalue weighted by molar-refractivity contribution is 6.12. The van der Waals surface area contributed by atoms with Crippen molar-refractivity contribution in [2.45, 2.75) is 19.9 Å². The first-order valence-corrected chi connectivity index (χ1v) is 4.99. The number of benzene rings is 1. The largest absolute Gasteiger partial charge is 0.480 e. The fraction of sp³-hybridized carbons (Fsp3) is 0.333. The van der Waals surface area contributed by atoms with Gasteiger partial charge < -0.3 is 10.4 Å². The molecule has 0 spiro atoms. The Labute approximate surface area is 94.3 Å². The van der Waals surface area contributed by atoms with Crippen LogP contribution in [0.3, 0.4) is 0 Å². The molecule has 1 atom stereocenters. The second-order valence-electron chi connectivity index (χ2n) is 3.74. The number of carboxylic acid groups (broad SMARTS) is 1. The first-order valence-electron chi connectivity index (χ1n) is 4.99. The standard InChI is InChI=1S/C12H15NO3/c1-7-4-5-8(2)9(6-7)11(14)10(13-3)12(15)16/h4-6,10,13H,1-3H3,(H,15,16). The van der Waals surface area contributed by atoms with Crippen LogP contribution in [0.2, 0.25) is 0 Å². The van der Waals surface area contributed by atoms with Crippen LogP contribution < -0.4 is 5.32 Å². The first kappa shape index (κ1) is 12.4. The third kappa shape index (κ3) is 2.46. The summed E-state index contributed by atoms with van der Waals surface area (Å²) < 4.78 is 0. The van der Waals surface area contributed by atoms with Gasteiger partial charge in [0.25, 0.3) is 0 Å². The van der Waals surface area contributed by atoms with Crippen molar-refractivity contribution in [3.05, 3.63) is 34.9 Å². The topological polar surface area (TPSA) is 66.4 Å². The summed E-state index contributed by atoms with van der Waals surface area (Å²) in [5.41, 5.74) is 2.19. The number of Topliss-reactive ketones (excluding diaryl/α,β-unsaturated/α-hetero) is 1. The van der Waals surface area contributed by atoms with Crippen LogP contribution in [0.25, 0.3) is 0 Å². The van der Waals surface area contributed by atoms with Crippen molar-refractivity contribution in [2.24, 2.45) is 0 Å². The van der Waals surface area contributed by atoms with Crippen LogP contribution in [0.5, 0.6) is 0 Å². The molecule has 0 bridgehead atoms. The van der Waals surface area contributed by atoms with E-state index in [4.69, 9.17) is 5.11 Å². The molecule has 0 saturated heterocycles. The van der Waals surface area contributed by atoms with Crippen molar-refractivity contribution in [2.75, 3.05) is 7.05 Å². The average Bonchev–Trinajstić information content (AvgIpc) is 2.22. The Kier molecular flexibility index (Phi) is 3.79. The lowest BCUT2D eigenvalue weighted by Gasteiger charge is -2.12. The highest BCUT2D eigenvalue weighted by Crippen LogP contribution is 2.13. The molecule has 0 aromatic heterocycles. The van der Waals surface area contributed by atoms with E-state index in [1.54, 1.807) is 13.0 Å². The van der Waals surface area contributed by atoms with Crippen molar-refractivity contribution in [1.82, 2.24) is 5.32 Å². The van der Waals surface area contributed by atoms with Crippen molar-refractivity contribution in [3.8, 4) is 0 Å². The Balaban J connectivity index is 3.12. The van der Waals surface area contributed by atoms with Gasteiger partial charge >= 0.3 is 5.97 Å². The lowest BCUT2D eigenvalue weighted by molar-refractivity contribution is -0.137. The fourth-order valence-electron chi connectivity index (χ4n) is 1.52. The number of aryl methyl sites for hydroxylation is 2. The zero-order chi connectivity index (χ0) is 12.3. The lowest BCUT2D eigenvalue weighted by atomic mass is 9.98. The molecule has 16 heavy (non-hydrogen) atoms. The van der Waals surface area contributed by atoms with Crippen LogP contribution in [0.1, 0.15) is 21.5 Å². The van der Waals surface area contributed by atoms with E-state index in [0.29, 0.717) is 5.56 Å². The number of nitrogens with one attached hydrogen (secondary N) is 1. The molecule has 1 aromatic carbocycles. The molecular formula is C12H15NO3. The Morgan fingerprint density at radius 1 is 1.31 bits per heavy atom. The van der Waals surface area contributed by atoms with E-state index in [0.717, 1.165) is 11.1 Å². The number of ketones is 1. The van der Waals surface area contributed by atoms with Crippen molar-refractivity contribution in [3.63, 3.8) is 0 Å². The zero-order valence-electron chi connectivity index (χ0n) is 9.57. The SMILES string of the molecule is CNC(C(=O)O)C(=O)c1cc(C)ccc1C. The molecule has 0 aliphatic rings. The summed E-state index contributed by atoms with van der Waals surface area (Å²) in [5.74, 6) is -1.57. The smallest absolute Gasteiger partial charge is 0.328 e. The molecule has 1 unspecified atom stereocenters. The summed E-state index contributed by atoms with van der Waals surface area (Å²) in [4.78, 5) is 22.8. The number of carbonyl (C=O) groups excluding carboxylic acids is 1. The van der Waals surface area contributed by atoms with Crippen LogP contribution in [0.4, 0.5) is 0 Å². The predicted molar refractivity (Wildman–Crippen MR) is 60.7 cm³/mol. The summed E-state index contributed by atoms with van der Waals surface area (Å²) in [6.45, 7) is 3.66. The average molecular weight is 221 g/mol. The molecule has 0 aliphatic carbocycles. The molecule has 0 aliphatic heterocycles. The molecule has 0 saturated carbocycles. The van der Waals surface area contributed by atoms with E-state index in [9.17, 15) is 9.59 Å². The maximum Gasteiger partial charge on any atom is 0.328 e. The van der Waals surface area contributed by atoms with Gasteiger partial charge in [0.1, 0.15) is 0 Å². The maximum atomic E-state index is 11.9. The summed E-state index contributed by atoms with van der Waals surface area (Å²) in [5, 5.41) is 11.4. The van der Waals surface area contributed by atoms with Gasteiger partial charge in [0.2, 0.25) is 0 Å². The third-order valence-electron chi connectivity index (χ3n) is 2.46. The Bertz CT molecular complexity index is 426. The number of carboxylic acids is 1. The van der Waals surface area contributed by atoms with Crippen molar-refractivity contribution < 1.29 is 14.7 Å². The minimum absolute atomic E-state index is 0.406. The molecule has 0 fully saturated rings. The van der Waals surface area contributed by atoms with E-state index in [1.807, 2.05) is 19.1 Å². The molecule has 86 valence electrons. The van der Waals surface area contributed by atoms with Gasteiger partial charge in [-0.1, -0.05) is 17.7 Å². The summed E-state index contributed by atoms with van der Waals surface area (Å²) >= 11 is 0. The van der Waals surface area contributed by atoms with Gasteiger partial charge in [0.15, 0.2) is 11.8 Å². The normalized spacial score (nSPS) is 12.2. The van der Waals surface area contributed by atoms with Gasteiger partial charge in [0, 0.05) is 5.56 Å². The number of likely N-dealkylation sites (N-methyl/N-ethyl adjacent to an activating group) is 1. The quantitative estimate of drug-likeness (QED) is 0.591. The van der Waals surface area contributed by atoms with Crippen molar-refractivity contribution in [1.29, 1.82) is 0 Å². The van der Waals surface area contributed by atoms with Crippen LogP contribution in [-0.4, -0.2) is 29.9 Å². The van der Waals surface area contributed by atoms with Crippen molar-refractivity contribution >= 4 is 11.8 Å². The second kappa shape index (κ2) is 4.90. The summed E-state index contributed by atoms with van der Waals surface area (Å²) in [6, 6.07) is 4.24. The van der Waals surface area contributed by atoms with E-state index >= 15 is 0 Å². The number of rotatable bonds is 4. The van der Waals surface area contributed by atoms with Crippen LogP contribution in [0.15, 0.2) is 18.2 Å². The van der Waals surface area contributed by atoms with Crippen LogP contribution in [0, 0.1) is 13.8 Å². The second-order valence-corrected chi connectivity index (χ2v) is 3.74. The maximum absolute atomic E-state index is 11.9. The number of aliphatic carboxylic acids is 1. The van der Waals surface area contributed by atoms with Gasteiger partial charge in [-0.25, -0.2) is 0 Å². The Morgan fingerprint density at radius 3 is 2.44 bits per heavy atom. The number of hydrogen-bond acceptors (Lipinski definition) is 3. The lowest BCUT2D eigenvalue weighted by Crippen LogP contribution is -2.41. The molecule has 1 aromatic rings. The summed E-state index contributed by atoms with van der Waals surface area (Å²) in [7, 11) is 1.46. The van der Waals surface area contributed by atoms with E-state index in [1.165, 1.54) is 7.05 Å². The molecule has 2 N–H and O–H groups in total. The van der Waals surface area contributed by atoms with Crippen LogP contribution in [-0.2, 0) is 4.79 Å². The molecular weight excluding hydrogens is 206 g/mol. The molecule has 4 heteroatoms. The van der Waals surface area contributed by atoms with E-state index < -0.39 is 17.8 Å². The molecule has 0 amide bonds. The Hall–Kier alpha value is -1.68. The molecule has 0 heterocycles. The van der Waals surface area contributed by atoms with Gasteiger partial charge in [-0.2, -0.15) is 0 Å². The highest BCUT2D eigenvalue weighted by atomic mass is 16.4. The number of carbonyl (C=O) groups is 2. The van der Waals surface area contributed by atoms with Gasteiger partial charge in [-0.3, -0.25) is 9.59 Å². The fourth-order valence-corrected chi connectivity index (χ4v) is 1.52. The molecule has 4 nitrogen and oxygen atoms in total. The molecule has 1 rings (SSSR count). The summed E-state index contributed by atoms with van der Waals surface area (Å²) in [6.07, 6.45) is 0. The van der Waals surface area contributed by atoms with Gasteiger partial charge in [-0.15, -0.1) is 0 Å². The zero-order valence-corrected chi connectivity index (χ0v) is 9.57. The minimum atomic E-state index is -1.18. The van der Waals surface area contributed by atoms with Crippen LogP contribution >= 0.6 is 0 Å². The minimum Gasteiger partial charge on any atom is -0.480 e. The third-order valence-corrected chi connectivity index (χ3v) is 2.46. The Morgan fingerprint density at radius 2 is 1.94 bits per heavy atom. The number of hydrogen-bond donors (Lipinski definition) is 2. The molecule has 0 radical (unpaired) electrons. The monoisotopic (exact) mass is 221 g/mol. The predicted octanol–water partition coefficient (Wildman–Crippen LogP) is 1.16. The highest BCUT2D eigenvalue weighted by Gasteiger charge is 2.26. The van der Waals surface area contributed by atoms with Gasteiger partial charge in [-0.05, 0) is 32.5 Å². The van der Waals surface area contributed by atoms with Gasteiger partial charge in [0.05, 0.1) is 0 Å². The van der Waals surface area contributed by atoms with E-state index in [2.05, 4.69) is 5.32 Å².